The maximum absolute atomic E-state index is 13.8. The van der Waals surface area contributed by atoms with Crippen molar-refractivity contribution in [3.05, 3.63) is 65.5 Å². The van der Waals surface area contributed by atoms with Gasteiger partial charge in [0, 0.05) is 0 Å². The van der Waals surface area contributed by atoms with Crippen molar-refractivity contribution < 1.29 is 23.5 Å². The molecule has 0 spiro atoms. The van der Waals surface area contributed by atoms with Crippen molar-refractivity contribution in [1.82, 2.24) is 10.2 Å². The van der Waals surface area contributed by atoms with Gasteiger partial charge in [-0.2, -0.15) is 0 Å². The molecule has 0 bridgehead atoms. The molecule has 3 rings (SSSR count). The number of carbonyl (C=O) groups excluding carboxylic acids is 3. The molecule has 1 atom stereocenters. The van der Waals surface area contributed by atoms with E-state index in [9.17, 15) is 18.8 Å². The van der Waals surface area contributed by atoms with Crippen LogP contribution in [0.5, 0.6) is 5.75 Å². The normalized spacial score (nSPS) is 19.1. The van der Waals surface area contributed by atoms with Crippen molar-refractivity contribution >= 4 is 17.7 Å². The summed E-state index contributed by atoms with van der Waals surface area (Å²) in [6.45, 7) is 1.24. The van der Waals surface area contributed by atoms with E-state index < -0.39 is 35.6 Å². The molecule has 1 heterocycles. The SMILES string of the molecule is CC[C@@]1(c2ccc(OC)cc2)NC(=O)N(CC(=O)c2ccccc2F)C1=O. The number of halogens is 1. The summed E-state index contributed by atoms with van der Waals surface area (Å²) < 4.78 is 18.9. The van der Waals surface area contributed by atoms with E-state index in [-0.39, 0.29) is 5.56 Å². The van der Waals surface area contributed by atoms with Crippen molar-refractivity contribution in [3.63, 3.8) is 0 Å². The van der Waals surface area contributed by atoms with Crippen molar-refractivity contribution in [1.29, 1.82) is 0 Å². The van der Waals surface area contributed by atoms with Crippen LogP contribution >= 0.6 is 0 Å². The molecule has 1 saturated heterocycles. The van der Waals surface area contributed by atoms with Gasteiger partial charge in [-0.25, -0.2) is 9.18 Å². The molecule has 0 aromatic heterocycles. The standard InChI is InChI=1S/C20H19FN2O4/c1-3-20(13-8-10-14(27-2)11-9-13)18(25)23(19(26)22-20)12-17(24)15-6-4-5-7-16(15)21/h4-11H,3,12H2,1-2H3,(H,22,26)/t20-/m0/s1. The Bertz CT molecular complexity index is 897. The second kappa shape index (κ2) is 7.19. The minimum absolute atomic E-state index is 0.156. The fourth-order valence-electron chi connectivity index (χ4n) is 3.20. The Balaban J connectivity index is 1.88. The second-order valence-electron chi connectivity index (χ2n) is 6.21. The molecule has 0 aliphatic carbocycles. The zero-order chi connectivity index (χ0) is 19.6. The van der Waals surface area contributed by atoms with Crippen LogP contribution in [0.4, 0.5) is 9.18 Å². The van der Waals surface area contributed by atoms with Gasteiger partial charge in [0.2, 0.25) is 0 Å². The van der Waals surface area contributed by atoms with Gasteiger partial charge in [0.25, 0.3) is 5.91 Å². The van der Waals surface area contributed by atoms with Crippen molar-refractivity contribution in [2.75, 3.05) is 13.7 Å². The molecule has 1 aliphatic rings. The van der Waals surface area contributed by atoms with Crippen LogP contribution in [0.3, 0.4) is 0 Å². The zero-order valence-electron chi connectivity index (χ0n) is 15.0. The van der Waals surface area contributed by atoms with Crippen LogP contribution in [0.1, 0.15) is 29.3 Å². The summed E-state index contributed by atoms with van der Waals surface area (Å²) in [5, 5.41) is 2.69. The van der Waals surface area contributed by atoms with Gasteiger partial charge in [-0.15, -0.1) is 0 Å². The first-order chi connectivity index (χ1) is 12.9. The predicted molar refractivity (Wildman–Crippen MR) is 95.9 cm³/mol. The van der Waals surface area contributed by atoms with Crippen molar-refractivity contribution in [2.45, 2.75) is 18.9 Å². The minimum Gasteiger partial charge on any atom is -0.497 e. The number of nitrogens with zero attached hydrogens (tertiary/aromatic N) is 1. The van der Waals surface area contributed by atoms with Crippen LogP contribution < -0.4 is 10.1 Å². The molecule has 2 aromatic rings. The molecular formula is C20H19FN2O4. The van der Waals surface area contributed by atoms with Crippen LogP contribution in [-0.2, 0) is 10.3 Å². The summed E-state index contributed by atoms with van der Waals surface area (Å²) in [5.74, 6) is -1.25. The van der Waals surface area contributed by atoms with Crippen LogP contribution in [0.25, 0.3) is 0 Å². The number of Topliss-reactive ketones (excluding diaryl/α,β-unsaturated/α-hetero) is 1. The Morgan fingerprint density at radius 1 is 1.15 bits per heavy atom. The highest BCUT2D eigenvalue weighted by molar-refractivity contribution is 6.11. The van der Waals surface area contributed by atoms with Crippen molar-refractivity contribution in [2.24, 2.45) is 0 Å². The fraction of sp³-hybridized carbons (Fsp3) is 0.250. The number of hydrogen-bond donors (Lipinski definition) is 1. The lowest BCUT2D eigenvalue weighted by molar-refractivity contribution is -0.131. The molecule has 140 valence electrons. The van der Waals surface area contributed by atoms with Crippen LogP contribution in [0, 0.1) is 5.82 Å². The highest BCUT2D eigenvalue weighted by Gasteiger charge is 2.51. The quantitative estimate of drug-likeness (QED) is 0.627. The number of ether oxygens (including phenoxy) is 1. The minimum atomic E-state index is -1.27. The fourth-order valence-corrected chi connectivity index (χ4v) is 3.20. The van der Waals surface area contributed by atoms with E-state index in [1.165, 1.54) is 25.3 Å². The van der Waals surface area contributed by atoms with Crippen LogP contribution in [0.2, 0.25) is 0 Å². The number of methoxy groups -OCH3 is 1. The molecule has 6 nitrogen and oxygen atoms in total. The van der Waals surface area contributed by atoms with E-state index in [0.29, 0.717) is 17.7 Å². The molecule has 0 saturated carbocycles. The number of carbonyl (C=O) groups is 3. The number of ketones is 1. The topological polar surface area (TPSA) is 75.7 Å². The van der Waals surface area contributed by atoms with E-state index in [2.05, 4.69) is 5.32 Å². The molecule has 1 fully saturated rings. The highest BCUT2D eigenvalue weighted by Crippen LogP contribution is 2.33. The number of urea groups is 1. The van der Waals surface area contributed by atoms with E-state index in [0.717, 1.165) is 11.0 Å². The summed E-state index contributed by atoms with van der Waals surface area (Å²) >= 11 is 0. The number of hydrogen-bond acceptors (Lipinski definition) is 4. The molecule has 1 N–H and O–H groups in total. The van der Waals surface area contributed by atoms with Crippen LogP contribution in [-0.4, -0.2) is 36.3 Å². The monoisotopic (exact) mass is 370 g/mol. The molecular weight excluding hydrogens is 351 g/mol. The Hall–Kier alpha value is -3.22. The number of imide groups is 1. The third-order valence-corrected chi connectivity index (χ3v) is 4.76. The number of amides is 3. The number of nitrogens with one attached hydrogen (secondary N) is 1. The largest absolute Gasteiger partial charge is 0.497 e. The lowest BCUT2D eigenvalue weighted by Crippen LogP contribution is -2.43. The average Bonchev–Trinajstić information content (AvgIpc) is 2.93. The Morgan fingerprint density at radius 3 is 2.41 bits per heavy atom. The van der Waals surface area contributed by atoms with Gasteiger partial charge in [-0.1, -0.05) is 31.2 Å². The molecule has 3 amide bonds. The third-order valence-electron chi connectivity index (χ3n) is 4.76. The summed E-state index contributed by atoms with van der Waals surface area (Å²) in [5.41, 5.74) is -0.833. The lowest BCUT2D eigenvalue weighted by Gasteiger charge is -2.26. The smallest absolute Gasteiger partial charge is 0.325 e. The van der Waals surface area contributed by atoms with E-state index in [1.807, 2.05) is 0 Å². The van der Waals surface area contributed by atoms with Gasteiger partial charge in [-0.3, -0.25) is 14.5 Å². The lowest BCUT2D eigenvalue weighted by atomic mass is 9.87. The van der Waals surface area contributed by atoms with Gasteiger partial charge < -0.3 is 10.1 Å². The second-order valence-corrected chi connectivity index (χ2v) is 6.21. The van der Waals surface area contributed by atoms with Gasteiger partial charge in [0.1, 0.15) is 17.1 Å². The molecule has 7 heteroatoms. The van der Waals surface area contributed by atoms with E-state index >= 15 is 0 Å². The molecule has 27 heavy (non-hydrogen) atoms. The first kappa shape index (κ1) is 18.6. The Morgan fingerprint density at radius 2 is 1.81 bits per heavy atom. The van der Waals surface area contributed by atoms with E-state index in [1.54, 1.807) is 31.2 Å². The number of rotatable bonds is 6. The summed E-state index contributed by atoms with van der Waals surface area (Å²) in [6.07, 6.45) is 0.300. The maximum atomic E-state index is 13.8. The first-order valence-corrected chi connectivity index (χ1v) is 8.49. The van der Waals surface area contributed by atoms with Gasteiger partial charge in [0.15, 0.2) is 5.78 Å². The van der Waals surface area contributed by atoms with Gasteiger partial charge in [-0.05, 0) is 36.2 Å². The average molecular weight is 370 g/mol. The van der Waals surface area contributed by atoms with Gasteiger partial charge in [0.05, 0.1) is 19.2 Å². The summed E-state index contributed by atoms with van der Waals surface area (Å²) in [7, 11) is 1.53. The molecule has 2 aromatic carbocycles. The van der Waals surface area contributed by atoms with Crippen molar-refractivity contribution in [3.8, 4) is 5.75 Å². The predicted octanol–water partition coefficient (Wildman–Crippen LogP) is 2.87. The van der Waals surface area contributed by atoms with Gasteiger partial charge >= 0.3 is 6.03 Å². The molecule has 0 unspecified atom stereocenters. The number of benzene rings is 2. The summed E-state index contributed by atoms with van der Waals surface area (Å²) in [4.78, 5) is 38.7. The zero-order valence-corrected chi connectivity index (χ0v) is 15.0. The summed E-state index contributed by atoms with van der Waals surface area (Å²) in [6, 6.07) is 11.6. The maximum Gasteiger partial charge on any atom is 0.325 e. The third kappa shape index (κ3) is 3.16. The molecule has 1 aliphatic heterocycles. The van der Waals surface area contributed by atoms with E-state index in [4.69, 9.17) is 4.74 Å². The first-order valence-electron chi connectivity index (χ1n) is 8.49. The Kier molecular flexibility index (Phi) is 4.94. The van der Waals surface area contributed by atoms with Crippen LogP contribution in [0.15, 0.2) is 48.5 Å². The highest BCUT2D eigenvalue weighted by atomic mass is 19.1. The Labute approximate surface area is 155 Å². The molecule has 0 radical (unpaired) electrons.